The molecule has 3 saturated carbocycles. The molecule has 0 unspecified atom stereocenters. The average molecular weight is 407 g/mol. The largest absolute Gasteiger partial charge is 0.393 e. The van der Waals surface area contributed by atoms with Crippen molar-refractivity contribution in [2.24, 2.45) is 28.6 Å². The van der Waals surface area contributed by atoms with Gasteiger partial charge < -0.3 is 9.84 Å². The Morgan fingerprint density at radius 3 is 2.59 bits per heavy atom. The molecule has 3 fully saturated rings. The van der Waals surface area contributed by atoms with Gasteiger partial charge in [0.25, 0.3) is 0 Å². The monoisotopic (exact) mass is 406 g/mol. The van der Waals surface area contributed by atoms with Gasteiger partial charge in [0, 0.05) is 0 Å². The summed E-state index contributed by atoms with van der Waals surface area (Å²) in [6.45, 7) is 12.1. The highest BCUT2D eigenvalue weighted by Gasteiger charge is 2.58. The standard InChI is InChI=1S/C25H42O4/c1-23(2,3)29-28-15-14-27-22-9-8-20-19-7-6-17-16-18(26)10-12-24(17,4)21(19)11-13-25(20,22)5/h6,18-22,26H,7-16H2,1-5H3/t18-,19-,20-,21-,22-,24-,25-/m0/s1. The third-order valence-electron chi connectivity index (χ3n) is 8.79. The predicted molar refractivity (Wildman–Crippen MR) is 114 cm³/mol. The minimum absolute atomic E-state index is 0.117. The molecule has 0 aromatic rings. The highest BCUT2D eigenvalue weighted by atomic mass is 17.2. The summed E-state index contributed by atoms with van der Waals surface area (Å²) in [5.41, 5.74) is 1.90. The van der Waals surface area contributed by atoms with Crippen LogP contribution in [0, 0.1) is 28.6 Å². The maximum atomic E-state index is 10.2. The fourth-order valence-corrected chi connectivity index (χ4v) is 7.31. The molecule has 0 radical (unpaired) electrons. The summed E-state index contributed by atoms with van der Waals surface area (Å²) < 4.78 is 6.36. The van der Waals surface area contributed by atoms with E-state index in [2.05, 4.69) is 19.9 Å². The smallest absolute Gasteiger partial charge is 0.106 e. The molecule has 0 saturated heterocycles. The van der Waals surface area contributed by atoms with E-state index in [0.717, 1.165) is 37.0 Å². The molecule has 4 aliphatic carbocycles. The van der Waals surface area contributed by atoms with Gasteiger partial charge in [-0.3, -0.25) is 0 Å². The molecule has 0 aromatic heterocycles. The molecule has 0 spiro atoms. The maximum Gasteiger partial charge on any atom is 0.106 e. The minimum atomic E-state index is -0.276. The second kappa shape index (κ2) is 7.93. The zero-order valence-electron chi connectivity index (χ0n) is 19.2. The molecule has 7 atom stereocenters. The van der Waals surface area contributed by atoms with Crippen LogP contribution in [0.25, 0.3) is 0 Å². The molecule has 29 heavy (non-hydrogen) atoms. The van der Waals surface area contributed by atoms with Gasteiger partial charge in [-0.1, -0.05) is 25.5 Å². The van der Waals surface area contributed by atoms with Crippen molar-refractivity contribution in [3.05, 3.63) is 11.6 Å². The Morgan fingerprint density at radius 2 is 1.83 bits per heavy atom. The highest BCUT2D eigenvalue weighted by Crippen LogP contribution is 2.65. The molecule has 4 heteroatoms. The summed E-state index contributed by atoms with van der Waals surface area (Å²) >= 11 is 0. The lowest BCUT2D eigenvalue weighted by Gasteiger charge is -2.57. The van der Waals surface area contributed by atoms with E-state index in [1.54, 1.807) is 5.57 Å². The summed E-state index contributed by atoms with van der Waals surface area (Å²) in [7, 11) is 0. The van der Waals surface area contributed by atoms with Gasteiger partial charge in [0.15, 0.2) is 0 Å². The summed E-state index contributed by atoms with van der Waals surface area (Å²) in [5.74, 6) is 2.33. The summed E-state index contributed by atoms with van der Waals surface area (Å²) in [4.78, 5) is 10.7. The summed E-state index contributed by atoms with van der Waals surface area (Å²) in [5, 5.41) is 10.2. The van der Waals surface area contributed by atoms with Gasteiger partial charge >= 0.3 is 0 Å². The molecule has 4 nitrogen and oxygen atoms in total. The number of hydrogen-bond donors (Lipinski definition) is 1. The second-order valence-electron chi connectivity index (χ2n) is 11.7. The summed E-state index contributed by atoms with van der Waals surface area (Å²) in [6.07, 6.45) is 12.0. The van der Waals surface area contributed by atoms with Crippen molar-refractivity contribution in [2.75, 3.05) is 13.2 Å². The first-order valence-electron chi connectivity index (χ1n) is 11.9. The van der Waals surface area contributed by atoms with Crippen LogP contribution in [0.3, 0.4) is 0 Å². The van der Waals surface area contributed by atoms with Gasteiger partial charge in [0.05, 0.1) is 24.4 Å². The zero-order valence-corrected chi connectivity index (χ0v) is 19.2. The van der Waals surface area contributed by atoms with Crippen LogP contribution in [0.1, 0.15) is 86.0 Å². The van der Waals surface area contributed by atoms with E-state index in [-0.39, 0.29) is 11.7 Å². The third-order valence-corrected chi connectivity index (χ3v) is 8.79. The first kappa shape index (κ1) is 21.8. The van der Waals surface area contributed by atoms with Gasteiger partial charge in [0.2, 0.25) is 0 Å². The molecule has 4 aliphatic rings. The molecule has 0 aromatic carbocycles. The van der Waals surface area contributed by atoms with E-state index in [0.29, 0.717) is 30.1 Å². The molecule has 0 aliphatic heterocycles. The van der Waals surface area contributed by atoms with Crippen molar-refractivity contribution >= 4 is 0 Å². The van der Waals surface area contributed by atoms with Crippen LogP contribution in [0.15, 0.2) is 11.6 Å². The second-order valence-corrected chi connectivity index (χ2v) is 11.7. The number of hydrogen-bond acceptors (Lipinski definition) is 4. The van der Waals surface area contributed by atoms with Gasteiger partial charge in [-0.05, 0) is 101 Å². The number of rotatable bonds is 5. The van der Waals surface area contributed by atoms with Crippen molar-refractivity contribution in [3.8, 4) is 0 Å². The van der Waals surface area contributed by atoms with E-state index in [1.807, 2.05) is 20.8 Å². The van der Waals surface area contributed by atoms with Gasteiger partial charge in [-0.15, -0.1) is 0 Å². The van der Waals surface area contributed by atoms with Crippen molar-refractivity contribution in [1.82, 2.24) is 0 Å². The van der Waals surface area contributed by atoms with Crippen LogP contribution >= 0.6 is 0 Å². The summed E-state index contributed by atoms with van der Waals surface area (Å²) in [6, 6.07) is 0. The van der Waals surface area contributed by atoms with Gasteiger partial charge in [-0.25, -0.2) is 9.78 Å². The molecule has 4 rings (SSSR count). The Hall–Kier alpha value is -0.420. The van der Waals surface area contributed by atoms with Crippen LogP contribution < -0.4 is 0 Å². The Morgan fingerprint density at radius 1 is 1.03 bits per heavy atom. The number of aliphatic hydroxyl groups is 1. The Balaban J connectivity index is 1.38. The molecule has 0 heterocycles. The maximum absolute atomic E-state index is 10.2. The zero-order chi connectivity index (χ0) is 20.9. The quantitative estimate of drug-likeness (QED) is 0.286. The number of aliphatic hydroxyl groups excluding tert-OH is 1. The third kappa shape index (κ3) is 4.07. The van der Waals surface area contributed by atoms with Gasteiger partial charge in [-0.2, -0.15) is 0 Å². The Labute approximate surface area is 177 Å². The van der Waals surface area contributed by atoms with Crippen molar-refractivity contribution in [3.63, 3.8) is 0 Å². The first-order chi connectivity index (χ1) is 13.6. The molecular weight excluding hydrogens is 364 g/mol. The molecule has 1 N–H and O–H groups in total. The average Bonchev–Trinajstić information content (AvgIpc) is 2.98. The first-order valence-corrected chi connectivity index (χ1v) is 11.9. The van der Waals surface area contributed by atoms with E-state index < -0.39 is 0 Å². The lowest BCUT2D eigenvalue weighted by Crippen LogP contribution is -2.51. The Kier molecular flexibility index (Phi) is 5.96. The Bertz CT molecular complexity index is 623. The topological polar surface area (TPSA) is 47.9 Å². The number of allylic oxidation sites excluding steroid dienone is 1. The van der Waals surface area contributed by atoms with Crippen LogP contribution in [0.2, 0.25) is 0 Å². The van der Waals surface area contributed by atoms with E-state index in [1.165, 1.54) is 32.1 Å². The van der Waals surface area contributed by atoms with Crippen molar-refractivity contribution in [2.45, 2.75) is 104 Å². The normalized spacial score (nSPS) is 44.6. The van der Waals surface area contributed by atoms with Crippen LogP contribution in [0.4, 0.5) is 0 Å². The molecule has 0 amide bonds. The van der Waals surface area contributed by atoms with E-state index in [9.17, 15) is 5.11 Å². The molecular formula is C25H42O4. The van der Waals surface area contributed by atoms with Crippen LogP contribution in [-0.2, 0) is 14.5 Å². The lowest BCUT2D eigenvalue weighted by atomic mass is 9.48. The fraction of sp³-hybridized carbons (Fsp3) is 0.920. The number of ether oxygens (including phenoxy) is 1. The predicted octanol–water partition coefficient (Wildman–Crippen LogP) is 5.44. The van der Waals surface area contributed by atoms with Crippen LogP contribution in [0.5, 0.6) is 0 Å². The van der Waals surface area contributed by atoms with Crippen molar-refractivity contribution in [1.29, 1.82) is 0 Å². The fourth-order valence-electron chi connectivity index (χ4n) is 7.31. The SMILES string of the molecule is CC(C)(C)OOCCO[C@H]1CC[C@H]2[C@@H]3CC=C4C[C@@H](O)CC[C@]4(C)[C@H]3CC[C@]12C. The number of fused-ring (bicyclic) bond motifs is 5. The molecule has 0 bridgehead atoms. The minimum Gasteiger partial charge on any atom is -0.393 e. The van der Waals surface area contributed by atoms with Gasteiger partial charge in [0.1, 0.15) is 6.61 Å². The van der Waals surface area contributed by atoms with Crippen LogP contribution in [-0.4, -0.2) is 36.1 Å². The highest BCUT2D eigenvalue weighted by molar-refractivity contribution is 5.25. The lowest BCUT2D eigenvalue weighted by molar-refractivity contribution is -0.352. The molecule has 166 valence electrons. The van der Waals surface area contributed by atoms with E-state index >= 15 is 0 Å². The van der Waals surface area contributed by atoms with Crippen molar-refractivity contribution < 1.29 is 19.6 Å². The van der Waals surface area contributed by atoms with E-state index in [4.69, 9.17) is 14.5 Å².